The van der Waals surface area contributed by atoms with Crippen molar-refractivity contribution in [1.82, 2.24) is 0 Å². The van der Waals surface area contributed by atoms with Crippen molar-refractivity contribution in [3.8, 4) is 66.8 Å². The number of anilines is 10. The van der Waals surface area contributed by atoms with E-state index in [2.05, 4.69) is 410 Å². The van der Waals surface area contributed by atoms with Crippen LogP contribution < -0.4 is 19.6 Å². The van der Waals surface area contributed by atoms with Crippen molar-refractivity contribution in [2.75, 3.05) is 33.7 Å². The number of nitrogens with zero attached hydrogens (tertiary/aromatic N) is 4. The van der Waals surface area contributed by atoms with Crippen LogP contribution in [-0.2, 0) is 0 Å². The van der Waals surface area contributed by atoms with Gasteiger partial charge in [-0.25, -0.2) is 0 Å². The molecule has 14 rings (SSSR count). The van der Waals surface area contributed by atoms with Crippen molar-refractivity contribution in [2.24, 2.45) is 0 Å². The van der Waals surface area contributed by atoms with Crippen molar-refractivity contribution in [3.05, 3.63) is 376 Å². The first kappa shape index (κ1) is 57.4. The highest BCUT2D eigenvalue weighted by Gasteiger charge is 2.17. The van der Waals surface area contributed by atoms with Gasteiger partial charge in [0.25, 0.3) is 0 Å². The molecule has 0 amide bonds. The molecule has 0 saturated carbocycles. The van der Waals surface area contributed by atoms with E-state index in [1.807, 2.05) is 0 Å². The molecule has 0 atom stereocenters. The fourth-order valence-electron chi connectivity index (χ4n) is 11.7. The summed E-state index contributed by atoms with van der Waals surface area (Å²) in [5, 5.41) is 0. The summed E-state index contributed by atoms with van der Waals surface area (Å²) in [5.74, 6) is 0. The van der Waals surface area contributed by atoms with Crippen LogP contribution in [0.5, 0.6) is 0 Å². The fraction of sp³-hybridized carbons (Fsp3) is 0.0233. The van der Waals surface area contributed by atoms with Crippen LogP contribution in [0.4, 0.5) is 56.9 Å². The van der Waals surface area contributed by atoms with Crippen molar-refractivity contribution in [1.29, 1.82) is 0 Å². The van der Waals surface area contributed by atoms with E-state index in [1.54, 1.807) is 0 Å². The monoisotopic (exact) mass is 1160 g/mol. The Bertz CT molecular complexity index is 4540. The molecule has 14 aromatic carbocycles. The summed E-state index contributed by atoms with van der Waals surface area (Å²) in [6.45, 7) is 0. The zero-order valence-corrected chi connectivity index (χ0v) is 50.6. The molecule has 0 heterocycles. The molecule has 0 unspecified atom stereocenters. The second-order valence-electron chi connectivity index (χ2n) is 22.3. The van der Waals surface area contributed by atoms with Gasteiger partial charge in [-0.1, -0.05) is 255 Å². The van der Waals surface area contributed by atoms with Gasteiger partial charge in [-0.05, 0) is 188 Å². The van der Waals surface area contributed by atoms with E-state index in [0.717, 1.165) is 56.9 Å². The summed E-state index contributed by atoms with van der Waals surface area (Å²) < 4.78 is 0. The van der Waals surface area contributed by atoms with Gasteiger partial charge in [0.1, 0.15) is 0 Å². The first-order valence-electron chi connectivity index (χ1n) is 30.7. The Hall–Kier alpha value is -11.7. The molecular weight excluding hydrogens is 1090 g/mol. The van der Waals surface area contributed by atoms with Gasteiger partial charge in [0.15, 0.2) is 0 Å². The maximum Gasteiger partial charge on any atom is 0.0467 e. The smallest absolute Gasteiger partial charge is 0.0467 e. The van der Waals surface area contributed by atoms with Crippen LogP contribution in [-0.4, -0.2) is 14.1 Å². The number of para-hydroxylation sites is 2. The average molecular weight is 1160 g/mol. The third-order valence-corrected chi connectivity index (χ3v) is 16.6. The Morgan fingerprint density at radius 3 is 0.600 bits per heavy atom. The van der Waals surface area contributed by atoms with E-state index in [1.165, 1.54) is 66.8 Å². The number of hydrogen-bond acceptors (Lipinski definition) is 4. The van der Waals surface area contributed by atoms with Gasteiger partial charge in [0.2, 0.25) is 0 Å². The lowest BCUT2D eigenvalue weighted by Crippen LogP contribution is -2.10. The quantitative estimate of drug-likeness (QED) is 0.0956. The predicted molar refractivity (Wildman–Crippen MR) is 384 cm³/mol. The number of rotatable bonds is 16. The zero-order chi connectivity index (χ0) is 60.9. The Labute approximate surface area is 530 Å². The first-order valence-corrected chi connectivity index (χ1v) is 30.7. The highest BCUT2D eigenvalue weighted by Crippen LogP contribution is 2.41. The van der Waals surface area contributed by atoms with E-state index in [9.17, 15) is 0 Å². The molecule has 4 nitrogen and oxygen atoms in total. The second kappa shape index (κ2) is 27.3. The predicted octanol–water partition coefficient (Wildman–Crippen LogP) is 23.9. The summed E-state index contributed by atoms with van der Waals surface area (Å²) in [6, 6.07) is 134. The molecule has 0 aliphatic carbocycles. The van der Waals surface area contributed by atoms with Crippen molar-refractivity contribution >= 4 is 56.9 Å². The molecule has 90 heavy (non-hydrogen) atoms. The number of hydrogen-bond donors (Lipinski definition) is 0. The Balaban J connectivity index is 0.000000165. The summed E-state index contributed by atoms with van der Waals surface area (Å²) in [5.41, 5.74) is 25.8. The third-order valence-electron chi connectivity index (χ3n) is 16.6. The van der Waals surface area contributed by atoms with E-state index in [0.29, 0.717) is 0 Å². The molecule has 0 N–H and O–H groups in total. The average Bonchev–Trinajstić information content (AvgIpc) is 2.96. The molecule has 0 radical (unpaired) electrons. The highest BCUT2D eigenvalue weighted by atomic mass is 15.1. The van der Waals surface area contributed by atoms with Crippen LogP contribution in [0.15, 0.2) is 376 Å². The molecule has 4 heteroatoms. The van der Waals surface area contributed by atoms with E-state index < -0.39 is 0 Å². The maximum absolute atomic E-state index is 2.32. The standard InChI is InChI=1S/2C43H34N2/c1-44(42-21-11-17-37(31-42)33-13-5-2-6-14-33)39-27-23-35(24-28-39)36-25-29-41(30-26-36)45(40-19-9-4-10-20-40)43-22-12-18-38(32-43)34-15-7-3-8-16-34;1-44(39-26-20-35(21-27-39)33-12-5-2-6-13-33)40-28-22-36(23-29-40)37-24-30-42(31-25-37)45(41-17-9-4-10-18-41)43-19-11-16-38(32-43)34-14-7-3-8-15-34/h2*2-32H,1H3. The van der Waals surface area contributed by atoms with Crippen LogP contribution in [0.2, 0.25) is 0 Å². The van der Waals surface area contributed by atoms with Crippen LogP contribution in [0.1, 0.15) is 0 Å². The normalized spacial score (nSPS) is 10.8. The third kappa shape index (κ3) is 13.3. The lowest BCUT2D eigenvalue weighted by atomic mass is 10.0. The minimum Gasteiger partial charge on any atom is -0.345 e. The molecule has 0 spiro atoms. The highest BCUT2D eigenvalue weighted by molar-refractivity contribution is 5.84. The summed E-state index contributed by atoms with van der Waals surface area (Å²) >= 11 is 0. The van der Waals surface area contributed by atoms with Gasteiger partial charge in [0, 0.05) is 71.0 Å². The first-order chi connectivity index (χ1) is 44.5. The minimum atomic E-state index is 1.12. The van der Waals surface area contributed by atoms with E-state index >= 15 is 0 Å². The van der Waals surface area contributed by atoms with Gasteiger partial charge in [-0.2, -0.15) is 0 Å². The van der Waals surface area contributed by atoms with Gasteiger partial charge in [0.05, 0.1) is 0 Å². The maximum atomic E-state index is 2.32. The minimum absolute atomic E-state index is 1.12. The molecular formula is C86H68N4. The largest absolute Gasteiger partial charge is 0.345 e. The van der Waals surface area contributed by atoms with Crippen LogP contribution >= 0.6 is 0 Å². The van der Waals surface area contributed by atoms with Gasteiger partial charge in [-0.3, -0.25) is 0 Å². The molecule has 0 fully saturated rings. The summed E-state index contributed by atoms with van der Waals surface area (Å²) in [6.07, 6.45) is 0. The summed E-state index contributed by atoms with van der Waals surface area (Å²) in [4.78, 5) is 9.10. The molecule has 0 aromatic heterocycles. The fourth-order valence-corrected chi connectivity index (χ4v) is 11.7. The molecule has 0 saturated heterocycles. The zero-order valence-electron chi connectivity index (χ0n) is 50.6. The Kier molecular flexibility index (Phi) is 17.4. The van der Waals surface area contributed by atoms with Gasteiger partial charge >= 0.3 is 0 Å². The lowest BCUT2D eigenvalue weighted by molar-refractivity contribution is 1.21. The van der Waals surface area contributed by atoms with Crippen LogP contribution in [0.3, 0.4) is 0 Å². The lowest BCUT2D eigenvalue weighted by Gasteiger charge is -2.26. The topological polar surface area (TPSA) is 13.0 Å². The molecule has 0 aliphatic rings. The van der Waals surface area contributed by atoms with Gasteiger partial charge in [-0.15, -0.1) is 0 Å². The molecule has 0 aliphatic heterocycles. The van der Waals surface area contributed by atoms with E-state index in [4.69, 9.17) is 0 Å². The molecule has 14 aromatic rings. The van der Waals surface area contributed by atoms with E-state index in [-0.39, 0.29) is 0 Å². The van der Waals surface area contributed by atoms with Gasteiger partial charge < -0.3 is 19.6 Å². The number of benzene rings is 14. The Morgan fingerprint density at radius 2 is 0.311 bits per heavy atom. The van der Waals surface area contributed by atoms with Crippen molar-refractivity contribution in [2.45, 2.75) is 0 Å². The van der Waals surface area contributed by atoms with Crippen molar-refractivity contribution < 1.29 is 0 Å². The SMILES string of the molecule is CN(c1ccc(-c2ccc(N(c3ccccc3)c3cccc(-c4ccccc4)c3)cc2)cc1)c1cccc(-c2ccccc2)c1.CN(c1ccc(-c2ccccc2)cc1)c1ccc(-c2ccc(N(c3ccccc3)c3cccc(-c4ccccc4)c3)cc2)cc1. The summed E-state index contributed by atoms with van der Waals surface area (Å²) in [7, 11) is 4.24. The van der Waals surface area contributed by atoms with Crippen LogP contribution in [0.25, 0.3) is 66.8 Å². The van der Waals surface area contributed by atoms with Crippen molar-refractivity contribution in [3.63, 3.8) is 0 Å². The molecule has 0 bridgehead atoms. The Morgan fingerprint density at radius 1 is 0.133 bits per heavy atom. The van der Waals surface area contributed by atoms with Crippen LogP contribution in [0, 0.1) is 0 Å². The molecule has 432 valence electrons. The second-order valence-corrected chi connectivity index (χ2v) is 22.3.